The molecule has 0 radical (unpaired) electrons. The molecule has 0 spiro atoms. The molecular formula is C15H9Cl4NO4. The number of aromatic nitrogens is 1. The molecule has 126 valence electrons. The second-order valence-corrected chi connectivity index (χ2v) is 6.33. The van der Waals surface area contributed by atoms with Crippen molar-refractivity contribution < 1.29 is 19.0 Å². The van der Waals surface area contributed by atoms with Gasteiger partial charge in [0.2, 0.25) is 0 Å². The monoisotopic (exact) mass is 407 g/mol. The first kappa shape index (κ1) is 17.4. The van der Waals surface area contributed by atoms with Gasteiger partial charge in [-0.25, -0.2) is 9.78 Å². The third-order valence-electron chi connectivity index (χ3n) is 3.14. The molecule has 1 aliphatic rings. The third kappa shape index (κ3) is 3.49. The number of ether oxygens (including phenoxy) is 3. The van der Waals surface area contributed by atoms with Crippen LogP contribution in [0.3, 0.4) is 0 Å². The number of pyridine rings is 1. The number of carbonyl (C=O) groups excluding carboxylic acids is 1. The van der Waals surface area contributed by atoms with E-state index in [1.807, 2.05) is 0 Å². The summed E-state index contributed by atoms with van der Waals surface area (Å²) in [6, 6.07) is 3.32. The molecule has 5 nitrogen and oxygen atoms in total. The lowest BCUT2D eigenvalue weighted by Gasteiger charge is -2.20. The molecule has 0 aliphatic carbocycles. The molecular weight excluding hydrogens is 400 g/mol. The molecule has 0 bridgehead atoms. The van der Waals surface area contributed by atoms with E-state index in [4.69, 9.17) is 60.6 Å². The number of carbonyl (C=O) groups is 1. The first-order chi connectivity index (χ1) is 11.5. The number of hydrogen-bond acceptors (Lipinski definition) is 5. The van der Waals surface area contributed by atoms with Crippen molar-refractivity contribution in [3.63, 3.8) is 0 Å². The minimum atomic E-state index is -0.732. The van der Waals surface area contributed by atoms with Gasteiger partial charge in [0.25, 0.3) is 0 Å². The van der Waals surface area contributed by atoms with Crippen molar-refractivity contribution in [2.24, 2.45) is 0 Å². The summed E-state index contributed by atoms with van der Waals surface area (Å²) >= 11 is 23.8. The van der Waals surface area contributed by atoms with Gasteiger partial charge in [0, 0.05) is 6.20 Å². The highest BCUT2D eigenvalue weighted by atomic mass is 35.5. The van der Waals surface area contributed by atoms with Crippen molar-refractivity contribution in [1.82, 2.24) is 4.98 Å². The lowest BCUT2D eigenvalue weighted by atomic mass is 10.2. The van der Waals surface area contributed by atoms with Crippen LogP contribution in [0.1, 0.15) is 16.1 Å². The Kier molecular flexibility index (Phi) is 5.25. The number of nitrogens with zero attached hydrogens (tertiary/aromatic N) is 1. The third-order valence-corrected chi connectivity index (χ3v) is 4.66. The first-order valence-corrected chi connectivity index (χ1v) is 8.23. The van der Waals surface area contributed by atoms with Crippen LogP contribution in [0.15, 0.2) is 18.3 Å². The Morgan fingerprint density at radius 2 is 1.83 bits per heavy atom. The van der Waals surface area contributed by atoms with E-state index in [1.165, 1.54) is 6.20 Å². The van der Waals surface area contributed by atoms with Gasteiger partial charge >= 0.3 is 5.97 Å². The molecule has 0 saturated carbocycles. The Balaban J connectivity index is 1.75. The lowest BCUT2D eigenvalue weighted by Crippen LogP contribution is -2.16. The van der Waals surface area contributed by atoms with E-state index in [0.29, 0.717) is 35.3 Å². The van der Waals surface area contributed by atoms with E-state index >= 15 is 0 Å². The average Bonchev–Trinajstić information content (AvgIpc) is 2.58. The predicted molar refractivity (Wildman–Crippen MR) is 90.8 cm³/mol. The maximum atomic E-state index is 12.1. The highest BCUT2D eigenvalue weighted by Gasteiger charge is 2.20. The molecule has 0 N–H and O–H groups in total. The first-order valence-electron chi connectivity index (χ1n) is 6.72. The van der Waals surface area contributed by atoms with E-state index in [1.54, 1.807) is 12.1 Å². The van der Waals surface area contributed by atoms with Crippen molar-refractivity contribution in [3.05, 3.63) is 49.7 Å². The average molecular weight is 409 g/mol. The van der Waals surface area contributed by atoms with Crippen LogP contribution in [-0.2, 0) is 11.3 Å². The van der Waals surface area contributed by atoms with Gasteiger partial charge in [-0.05, 0) is 17.7 Å². The quantitative estimate of drug-likeness (QED) is 0.681. The van der Waals surface area contributed by atoms with E-state index in [0.717, 1.165) is 0 Å². The van der Waals surface area contributed by atoms with E-state index in [2.05, 4.69) is 4.98 Å². The minimum absolute atomic E-state index is 0.0441. The van der Waals surface area contributed by atoms with Crippen LogP contribution in [0.4, 0.5) is 0 Å². The number of hydrogen-bond donors (Lipinski definition) is 0. The Labute approximate surface area is 157 Å². The molecule has 0 amide bonds. The summed E-state index contributed by atoms with van der Waals surface area (Å²) in [5, 5.41) is 0.512. The highest BCUT2D eigenvalue weighted by molar-refractivity contribution is 6.48. The lowest BCUT2D eigenvalue weighted by molar-refractivity contribution is 0.0465. The summed E-state index contributed by atoms with van der Waals surface area (Å²) in [6.07, 6.45) is 1.23. The number of benzene rings is 1. The molecule has 0 atom stereocenters. The molecule has 2 heterocycles. The molecule has 1 aliphatic heterocycles. The number of halogens is 4. The maximum Gasteiger partial charge on any atom is 0.358 e. The number of rotatable bonds is 3. The second-order valence-electron chi connectivity index (χ2n) is 4.76. The Bertz CT molecular complexity index is 813. The van der Waals surface area contributed by atoms with Gasteiger partial charge in [-0.2, -0.15) is 0 Å². The molecule has 0 unspecified atom stereocenters. The van der Waals surface area contributed by atoms with Gasteiger partial charge in [-0.1, -0.05) is 46.4 Å². The van der Waals surface area contributed by atoms with Crippen LogP contribution in [-0.4, -0.2) is 24.2 Å². The zero-order valence-corrected chi connectivity index (χ0v) is 15.0. The van der Waals surface area contributed by atoms with Gasteiger partial charge in [0.1, 0.15) is 19.8 Å². The van der Waals surface area contributed by atoms with Crippen LogP contribution in [0.2, 0.25) is 20.1 Å². The van der Waals surface area contributed by atoms with Gasteiger partial charge < -0.3 is 14.2 Å². The largest absolute Gasteiger partial charge is 0.486 e. The number of esters is 1. The van der Waals surface area contributed by atoms with Crippen LogP contribution >= 0.6 is 46.4 Å². The normalized spacial score (nSPS) is 12.8. The second kappa shape index (κ2) is 7.23. The zero-order chi connectivity index (χ0) is 17.3. The van der Waals surface area contributed by atoms with Gasteiger partial charge in [0.05, 0.1) is 20.1 Å². The van der Waals surface area contributed by atoms with Crippen molar-refractivity contribution in [2.45, 2.75) is 6.61 Å². The summed E-state index contributed by atoms with van der Waals surface area (Å²) in [5.74, 6) is 0.252. The van der Waals surface area contributed by atoms with Crippen molar-refractivity contribution in [2.75, 3.05) is 13.2 Å². The summed E-state index contributed by atoms with van der Waals surface area (Å²) in [5.41, 5.74) is 0.517. The molecule has 0 fully saturated rings. The van der Waals surface area contributed by atoms with Gasteiger partial charge in [-0.3, -0.25) is 0 Å². The maximum absolute atomic E-state index is 12.1. The van der Waals surface area contributed by atoms with Crippen LogP contribution in [0.5, 0.6) is 11.5 Å². The van der Waals surface area contributed by atoms with Crippen molar-refractivity contribution >= 4 is 52.4 Å². The summed E-state index contributed by atoms with van der Waals surface area (Å²) < 4.78 is 16.1. The standard InChI is InChI=1S/C15H9Cl4NO4/c16-8-3-7(4-10-14(8)23-2-1-22-10)6-24-15(21)13-12(19)11(18)9(17)5-20-13/h3-5H,1-2,6H2. The van der Waals surface area contributed by atoms with Crippen molar-refractivity contribution in [3.8, 4) is 11.5 Å². The fourth-order valence-corrected chi connectivity index (χ4v) is 2.90. The Morgan fingerprint density at radius 3 is 2.62 bits per heavy atom. The summed E-state index contributed by atoms with van der Waals surface area (Å²) in [4.78, 5) is 16.0. The summed E-state index contributed by atoms with van der Waals surface area (Å²) in [6.45, 7) is 0.811. The fourth-order valence-electron chi connectivity index (χ4n) is 2.05. The van der Waals surface area contributed by atoms with Crippen LogP contribution < -0.4 is 9.47 Å². The van der Waals surface area contributed by atoms with E-state index < -0.39 is 5.97 Å². The van der Waals surface area contributed by atoms with Gasteiger partial charge in [0.15, 0.2) is 17.2 Å². The van der Waals surface area contributed by atoms with E-state index in [9.17, 15) is 4.79 Å². The minimum Gasteiger partial charge on any atom is -0.486 e. The molecule has 0 saturated heterocycles. The Hall–Kier alpha value is -1.40. The zero-order valence-electron chi connectivity index (χ0n) is 11.9. The molecule has 1 aromatic heterocycles. The van der Waals surface area contributed by atoms with Crippen LogP contribution in [0, 0.1) is 0 Å². The molecule has 9 heteroatoms. The number of fused-ring (bicyclic) bond motifs is 1. The topological polar surface area (TPSA) is 57.7 Å². The molecule has 2 aromatic rings. The fraction of sp³-hybridized carbons (Fsp3) is 0.200. The molecule has 3 rings (SSSR count). The van der Waals surface area contributed by atoms with Crippen LogP contribution in [0.25, 0.3) is 0 Å². The predicted octanol–water partition coefficient (Wildman–Crippen LogP) is 4.82. The SMILES string of the molecule is O=C(OCc1cc(Cl)c2c(c1)OCCO2)c1ncc(Cl)c(Cl)c1Cl. The van der Waals surface area contributed by atoms with Crippen molar-refractivity contribution in [1.29, 1.82) is 0 Å². The smallest absolute Gasteiger partial charge is 0.358 e. The highest BCUT2D eigenvalue weighted by Crippen LogP contribution is 2.38. The Morgan fingerprint density at radius 1 is 1.08 bits per heavy atom. The van der Waals surface area contributed by atoms with E-state index in [-0.39, 0.29) is 27.4 Å². The molecule has 1 aromatic carbocycles. The van der Waals surface area contributed by atoms with Gasteiger partial charge in [-0.15, -0.1) is 0 Å². The summed E-state index contributed by atoms with van der Waals surface area (Å²) in [7, 11) is 0. The molecule has 24 heavy (non-hydrogen) atoms.